The van der Waals surface area contributed by atoms with Crippen molar-refractivity contribution in [1.82, 2.24) is 0 Å². The Labute approximate surface area is 112 Å². The fourth-order valence-electron chi connectivity index (χ4n) is 2.41. The van der Waals surface area contributed by atoms with Crippen LogP contribution in [-0.4, -0.2) is 6.61 Å². The summed E-state index contributed by atoms with van der Waals surface area (Å²) in [6, 6.07) is 2.67. The molecule has 0 aromatic heterocycles. The summed E-state index contributed by atoms with van der Waals surface area (Å²) in [7, 11) is 0. The first-order valence-electron chi connectivity index (χ1n) is 6.54. The van der Waals surface area contributed by atoms with Gasteiger partial charge in [-0.2, -0.15) is 0 Å². The van der Waals surface area contributed by atoms with E-state index >= 15 is 0 Å². The van der Waals surface area contributed by atoms with Crippen LogP contribution in [0, 0.1) is 11.7 Å². The van der Waals surface area contributed by atoms with Gasteiger partial charge in [0.2, 0.25) is 0 Å². The first kappa shape index (κ1) is 13.5. The predicted molar refractivity (Wildman–Crippen MR) is 72.5 cm³/mol. The third kappa shape index (κ3) is 3.52. The van der Waals surface area contributed by atoms with Crippen LogP contribution in [0.1, 0.15) is 38.5 Å². The molecule has 0 radical (unpaired) electrons. The molecule has 2 nitrogen and oxygen atoms in total. The lowest BCUT2D eigenvalue weighted by Crippen LogP contribution is -2.12. The summed E-state index contributed by atoms with van der Waals surface area (Å²) in [6.07, 6.45) is 7.59. The van der Waals surface area contributed by atoms with Gasteiger partial charge in [-0.05, 0) is 18.8 Å². The highest BCUT2D eigenvalue weighted by atomic mass is 35.5. The van der Waals surface area contributed by atoms with Gasteiger partial charge in [-0.1, -0.05) is 37.3 Å². The molecule has 0 unspecified atom stereocenters. The number of ether oxygens (including phenoxy) is 1. The van der Waals surface area contributed by atoms with Crippen LogP contribution >= 0.6 is 11.6 Å². The van der Waals surface area contributed by atoms with Crippen LogP contribution in [0.5, 0.6) is 5.75 Å². The molecule has 1 fully saturated rings. The van der Waals surface area contributed by atoms with E-state index in [1.807, 2.05) is 0 Å². The van der Waals surface area contributed by atoms with Crippen LogP contribution in [0.4, 0.5) is 10.1 Å². The maximum Gasteiger partial charge on any atom is 0.144 e. The van der Waals surface area contributed by atoms with Crippen molar-refractivity contribution in [2.24, 2.45) is 5.92 Å². The minimum atomic E-state index is -0.504. The monoisotopic (exact) mass is 271 g/mol. The number of hydrogen-bond acceptors (Lipinski definition) is 2. The van der Waals surface area contributed by atoms with Gasteiger partial charge < -0.3 is 10.5 Å². The first-order valence-corrected chi connectivity index (χ1v) is 6.92. The molecule has 100 valence electrons. The highest BCUT2D eigenvalue weighted by Gasteiger charge is 2.14. The lowest BCUT2D eigenvalue weighted by atomic mass is 10.0. The van der Waals surface area contributed by atoms with Crippen molar-refractivity contribution in [3.63, 3.8) is 0 Å². The fourth-order valence-corrected chi connectivity index (χ4v) is 2.56. The fraction of sp³-hybridized carbons (Fsp3) is 0.571. The van der Waals surface area contributed by atoms with Gasteiger partial charge in [0.25, 0.3) is 0 Å². The molecule has 0 bridgehead atoms. The molecule has 1 aliphatic carbocycles. The molecule has 4 heteroatoms. The molecule has 0 amide bonds. The zero-order valence-electron chi connectivity index (χ0n) is 10.4. The van der Waals surface area contributed by atoms with Crippen LogP contribution < -0.4 is 10.5 Å². The molecule has 1 aromatic carbocycles. The van der Waals surface area contributed by atoms with Gasteiger partial charge in [-0.25, -0.2) is 4.39 Å². The zero-order chi connectivity index (χ0) is 13.0. The number of anilines is 1. The number of hydrogen-bond donors (Lipinski definition) is 1. The Hall–Kier alpha value is -0.960. The molecule has 1 aromatic rings. The van der Waals surface area contributed by atoms with Crippen LogP contribution in [-0.2, 0) is 0 Å². The minimum Gasteiger partial charge on any atom is -0.491 e. The van der Waals surface area contributed by atoms with Crippen LogP contribution in [0.15, 0.2) is 12.1 Å². The van der Waals surface area contributed by atoms with Gasteiger partial charge in [0.15, 0.2) is 0 Å². The Morgan fingerprint density at radius 1 is 1.22 bits per heavy atom. The molecule has 1 aliphatic rings. The molecule has 0 heterocycles. The van der Waals surface area contributed by atoms with E-state index in [2.05, 4.69) is 0 Å². The van der Waals surface area contributed by atoms with Crippen molar-refractivity contribution in [3.05, 3.63) is 23.0 Å². The molecule has 1 saturated carbocycles. The van der Waals surface area contributed by atoms with E-state index in [1.54, 1.807) is 0 Å². The summed E-state index contributed by atoms with van der Waals surface area (Å²) >= 11 is 5.72. The van der Waals surface area contributed by atoms with Gasteiger partial charge in [0, 0.05) is 12.1 Å². The molecule has 0 atom stereocenters. The third-order valence-corrected chi connectivity index (χ3v) is 3.79. The van der Waals surface area contributed by atoms with Crippen LogP contribution in [0.25, 0.3) is 0 Å². The Balaban J connectivity index is 1.94. The second-order valence-electron chi connectivity index (χ2n) is 4.97. The lowest BCUT2D eigenvalue weighted by molar-refractivity contribution is 0.234. The molecular weight excluding hydrogens is 253 g/mol. The van der Waals surface area contributed by atoms with Gasteiger partial charge in [-0.15, -0.1) is 0 Å². The second-order valence-corrected chi connectivity index (χ2v) is 5.38. The number of nitrogens with two attached hydrogens (primary N) is 1. The molecule has 0 saturated heterocycles. The third-order valence-electron chi connectivity index (χ3n) is 3.50. The first-order chi connectivity index (χ1) is 8.66. The summed E-state index contributed by atoms with van der Waals surface area (Å²) in [4.78, 5) is 0. The highest BCUT2D eigenvalue weighted by Crippen LogP contribution is 2.30. The quantitative estimate of drug-likeness (QED) is 0.653. The minimum absolute atomic E-state index is 0.0556. The normalized spacial score (nSPS) is 17.4. The van der Waals surface area contributed by atoms with Gasteiger partial charge in [0.1, 0.15) is 11.6 Å². The molecular formula is C14H19ClFNO. The largest absolute Gasteiger partial charge is 0.491 e. The SMILES string of the molecule is Nc1cc(F)c(Cl)cc1OCC1CCCCCC1. The standard InChI is InChI=1S/C14H19ClFNO/c15-11-7-14(13(17)8-12(11)16)18-9-10-5-3-1-2-4-6-10/h7-8,10H,1-6,9,17H2. The molecule has 0 aliphatic heterocycles. The van der Waals surface area contributed by atoms with E-state index in [0.29, 0.717) is 24.0 Å². The van der Waals surface area contributed by atoms with E-state index in [9.17, 15) is 4.39 Å². The van der Waals surface area contributed by atoms with E-state index < -0.39 is 5.82 Å². The topological polar surface area (TPSA) is 35.2 Å². The van der Waals surface area contributed by atoms with Crippen LogP contribution in [0.3, 0.4) is 0 Å². The Bertz CT molecular complexity index is 403. The number of benzene rings is 1. The van der Waals surface area contributed by atoms with E-state index in [4.69, 9.17) is 22.1 Å². The Kier molecular flexibility index (Phi) is 4.70. The maximum atomic E-state index is 13.1. The zero-order valence-corrected chi connectivity index (χ0v) is 11.2. The highest BCUT2D eigenvalue weighted by molar-refractivity contribution is 6.31. The molecule has 2 rings (SSSR count). The average molecular weight is 272 g/mol. The van der Waals surface area contributed by atoms with Crippen molar-refractivity contribution in [2.45, 2.75) is 38.5 Å². The van der Waals surface area contributed by atoms with Gasteiger partial charge in [-0.3, -0.25) is 0 Å². The van der Waals surface area contributed by atoms with Crippen molar-refractivity contribution in [2.75, 3.05) is 12.3 Å². The lowest BCUT2D eigenvalue weighted by Gasteiger charge is -2.16. The van der Waals surface area contributed by atoms with E-state index in [0.717, 1.165) is 0 Å². The summed E-state index contributed by atoms with van der Waals surface area (Å²) in [5.74, 6) is 0.567. The summed E-state index contributed by atoms with van der Waals surface area (Å²) in [6.45, 7) is 0.645. The van der Waals surface area contributed by atoms with Crippen molar-refractivity contribution in [1.29, 1.82) is 0 Å². The maximum absolute atomic E-state index is 13.1. The Morgan fingerprint density at radius 2 is 1.89 bits per heavy atom. The van der Waals surface area contributed by atoms with E-state index in [-0.39, 0.29) is 5.02 Å². The predicted octanol–water partition coefficient (Wildman–Crippen LogP) is 4.41. The van der Waals surface area contributed by atoms with Crippen molar-refractivity contribution in [3.8, 4) is 5.75 Å². The number of nitrogen functional groups attached to an aromatic ring is 1. The van der Waals surface area contributed by atoms with Crippen molar-refractivity contribution >= 4 is 17.3 Å². The smallest absolute Gasteiger partial charge is 0.144 e. The number of rotatable bonds is 3. The molecule has 18 heavy (non-hydrogen) atoms. The second kappa shape index (κ2) is 6.28. The Morgan fingerprint density at radius 3 is 2.56 bits per heavy atom. The average Bonchev–Trinajstić information content (AvgIpc) is 2.60. The molecule has 0 spiro atoms. The summed E-state index contributed by atoms with van der Waals surface area (Å²) < 4.78 is 18.8. The summed E-state index contributed by atoms with van der Waals surface area (Å²) in [5, 5.41) is 0.0556. The van der Waals surface area contributed by atoms with Gasteiger partial charge >= 0.3 is 0 Å². The molecule has 2 N–H and O–H groups in total. The van der Waals surface area contributed by atoms with E-state index in [1.165, 1.54) is 50.7 Å². The van der Waals surface area contributed by atoms with Gasteiger partial charge in [0.05, 0.1) is 17.3 Å². The number of halogens is 2. The van der Waals surface area contributed by atoms with Crippen LogP contribution in [0.2, 0.25) is 5.02 Å². The summed E-state index contributed by atoms with van der Waals surface area (Å²) in [5.41, 5.74) is 6.02. The van der Waals surface area contributed by atoms with Crippen molar-refractivity contribution < 1.29 is 9.13 Å².